The Balaban J connectivity index is 0.000000127. The maximum Gasteiger partial charge on any atom is 0.297 e. The zero-order chi connectivity index (χ0) is 37.1. The van der Waals surface area contributed by atoms with Gasteiger partial charge in [0.15, 0.2) is 31.1 Å². The second kappa shape index (κ2) is 14.8. The molecule has 0 aliphatic carbocycles. The Kier molecular flexibility index (Phi) is 10.9. The van der Waals surface area contributed by atoms with Gasteiger partial charge in [-0.1, -0.05) is 42.3 Å². The standard InChI is InChI=1S/C14H18O6S.C13H14O6S.C6H10O5/c1-8-3-5-10(6-4-8)21(16,17)20-13-12(15)9(2)11-7-18-14(13)19-11;1-7-2-4-8(5-3-7)20(14,15)19-12-11-10(18-11)9-6-16-13(12)17-9;7-3-2-1-10-6(11-2)5(9)4(3)8/h3-6,9,11-15H,7H2,1-2H3;2-5,9-13H,6H2,1H3;2-9H,1H2. The molecular formula is C33H42O17S2. The molecule has 19 heteroatoms. The largest absolute Gasteiger partial charge is 0.390 e. The molecule has 288 valence electrons. The number of rotatable bonds is 6. The minimum atomic E-state index is -3.98. The van der Waals surface area contributed by atoms with Crippen molar-refractivity contribution in [3.05, 3.63) is 59.7 Å². The highest BCUT2D eigenvalue weighted by atomic mass is 32.2. The molecule has 0 radical (unpaired) electrons. The summed E-state index contributed by atoms with van der Waals surface area (Å²) in [7, 11) is -7.82. The second-order valence-electron chi connectivity index (χ2n) is 13.7. The molecule has 0 saturated carbocycles. The number of hydrogen-bond acceptors (Lipinski definition) is 17. The second-order valence-corrected chi connectivity index (χ2v) is 16.8. The van der Waals surface area contributed by atoms with Gasteiger partial charge in [0.2, 0.25) is 0 Å². The van der Waals surface area contributed by atoms with Gasteiger partial charge in [-0.2, -0.15) is 16.8 Å². The first-order chi connectivity index (χ1) is 24.6. The van der Waals surface area contributed by atoms with Crippen molar-refractivity contribution in [2.24, 2.45) is 5.92 Å². The number of aryl methyl sites for hydroxylation is 2. The predicted octanol–water partition coefficient (Wildman–Crippen LogP) is -0.763. The fraction of sp³-hybridized carbons (Fsp3) is 0.636. The van der Waals surface area contributed by atoms with Crippen molar-refractivity contribution in [3.8, 4) is 0 Å². The third-order valence-electron chi connectivity index (χ3n) is 9.91. The van der Waals surface area contributed by atoms with Crippen LogP contribution >= 0.6 is 0 Å². The fourth-order valence-electron chi connectivity index (χ4n) is 6.61. The van der Waals surface area contributed by atoms with Gasteiger partial charge in [0, 0.05) is 5.92 Å². The average Bonchev–Trinajstić information content (AvgIpc) is 3.45. The number of aliphatic hydroxyl groups is 4. The van der Waals surface area contributed by atoms with E-state index in [9.17, 15) is 32.2 Å². The van der Waals surface area contributed by atoms with Crippen LogP contribution in [0.3, 0.4) is 0 Å². The zero-order valence-corrected chi connectivity index (χ0v) is 29.9. The Bertz CT molecular complexity index is 1750. The van der Waals surface area contributed by atoms with Crippen LogP contribution in [0.5, 0.6) is 0 Å². The molecule has 7 aliphatic heterocycles. The number of benzene rings is 2. The molecule has 0 aromatic heterocycles. The third kappa shape index (κ3) is 7.68. The minimum absolute atomic E-state index is 0.0491. The van der Waals surface area contributed by atoms with Gasteiger partial charge in [-0.3, -0.25) is 8.37 Å². The van der Waals surface area contributed by atoms with E-state index in [-0.39, 0.29) is 46.7 Å². The van der Waals surface area contributed by atoms with Gasteiger partial charge in [0.25, 0.3) is 20.2 Å². The first kappa shape index (κ1) is 38.1. The molecule has 7 fully saturated rings. The molecule has 15 unspecified atom stereocenters. The average molecular weight is 775 g/mol. The van der Waals surface area contributed by atoms with Gasteiger partial charge in [-0.15, -0.1) is 0 Å². The van der Waals surface area contributed by atoms with Crippen LogP contribution in [-0.2, 0) is 61.8 Å². The van der Waals surface area contributed by atoms with Gasteiger partial charge in [0.1, 0.15) is 42.7 Å². The van der Waals surface area contributed by atoms with Crippen LogP contribution in [0.15, 0.2) is 58.3 Å². The fourth-order valence-corrected chi connectivity index (χ4v) is 8.76. The monoisotopic (exact) mass is 774 g/mol. The summed E-state index contributed by atoms with van der Waals surface area (Å²) in [6, 6.07) is 12.8. The molecule has 7 aliphatic rings. The van der Waals surface area contributed by atoms with Crippen LogP contribution in [0.25, 0.3) is 0 Å². The molecule has 6 bridgehead atoms. The van der Waals surface area contributed by atoms with Gasteiger partial charge < -0.3 is 53.6 Å². The quantitative estimate of drug-likeness (QED) is 0.208. The Labute approximate surface area is 300 Å². The van der Waals surface area contributed by atoms with Crippen LogP contribution in [-0.4, -0.2) is 143 Å². The van der Waals surface area contributed by atoms with Crippen molar-refractivity contribution in [1.82, 2.24) is 0 Å². The van der Waals surface area contributed by atoms with E-state index in [0.29, 0.717) is 13.2 Å². The summed E-state index contributed by atoms with van der Waals surface area (Å²) in [6.45, 7) is 6.55. The SMILES string of the molecule is Cc1ccc(S(=O)(=O)OC2C3OCC(O3)C(C)C2O)cc1.Cc1ccc(S(=O)(=O)OC2C3OCC(O3)C3OC32)cc1.OC1C2COC(O2)C(O)C1O. The van der Waals surface area contributed by atoms with Crippen LogP contribution < -0.4 is 0 Å². The Morgan fingerprint density at radius 2 is 1.00 bits per heavy atom. The lowest BCUT2D eigenvalue weighted by atomic mass is 9.93. The number of ether oxygens (including phenoxy) is 7. The van der Waals surface area contributed by atoms with Crippen molar-refractivity contribution in [1.29, 1.82) is 0 Å². The third-order valence-corrected chi connectivity index (χ3v) is 12.6. The molecule has 2 aromatic carbocycles. The van der Waals surface area contributed by atoms with E-state index < -0.39 is 81.8 Å². The summed E-state index contributed by atoms with van der Waals surface area (Å²) in [5.74, 6) is -0.248. The van der Waals surface area contributed by atoms with Crippen LogP contribution in [0, 0.1) is 19.8 Å². The molecule has 17 nitrogen and oxygen atoms in total. The Morgan fingerprint density at radius 3 is 1.60 bits per heavy atom. The lowest BCUT2D eigenvalue weighted by molar-refractivity contribution is -0.228. The van der Waals surface area contributed by atoms with E-state index in [1.165, 1.54) is 24.3 Å². The summed E-state index contributed by atoms with van der Waals surface area (Å²) < 4.78 is 96.8. The van der Waals surface area contributed by atoms with Crippen LogP contribution in [0.1, 0.15) is 18.1 Å². The number of epoxide rings is 1. The van der Waals surface area contributed by atoms with E-state index in [1.807, 2.05) is 13.8 Å². The summed E-state index contributed by atoms with van der Waals surface area (Å²) in [5, 5.41) is 37.8. The summed E-state index contributed by atoms with van der Waals surface area (Å²) in [5.41, 5.74) is 1.93. The normalized spacial score (nSPS) is 41.2. The smallest absolute Gasteiger partial charge is 0.297 e. The molecular weight excluding hydrogens is 732 g/mol. The highest BCUT2D eigenvalue weighted by molar-refractivity contribution is 7.87. The lowest BCUT2D eigenvalue weighted by Crippen LogP contribution is -2.53. The minimum Gasteiger partial charge on any atom is -0.390 e. The van der Waals surface area contributed by atoms with E-state index in [2.05, 4.69) is 0 Å². The molecule has 2 aromatic rings. The Hall–Kier alpha value is -2.18. The van der Waals surface area contributed by atoms with Crippen molar-refractivity contribution < 1.29 is 78.8 Å². The molecule has 0 spiro atoms. The maximum absolute atomic E-state index is 12.3. The van der Waals surface area contributed by atoms with Crippen molar-refractivity contribution in [2.75, 3.05) is 19.8 Å². The number of fused-ring (bicyclic) bond motifs is 8. The number of aliphatic hydroxyl groups excluding tert-OH is 4. The molecule has 52 heavy (non-hydrogen) atoms. The lowest BCUT2D eigenvalue weighted by Gasteiger charge is -2.35. The molecule has 7 saturated heterocycles. The van der Waals surface area contributed by atoms with Crippen molar-refractivity contribution in [2.45, 2.75) is 117 Å². The topological polar surface area (TPSA) is 236 Å². The van der Waals surface area contributed by atoms with Gasteiger partial charge in [0.05, 0.1) is 41.8 Å². The van der Waals surface area contributed by atoms with E-state index >= 15 is 0 Å². The molecule has 0 amide bonds. The van der Waals surface area contributed by atoms with Gasteiger partial charge >= 0.3 is 0 Å². The summed E-state index contributed by atoms with van der Waals surface area (Å²) in [4.78, 5) is 0.175. The molecule has 4 N–H and O–H groups in total. The highest BCUT2D eigenvalue weighted by Crippen LogP contribution is 2.44. The maximum atomic E-state index is 12.3. The van der Waals surface area contributed by atoms with E-state index in [4.69, 9.17) is 46.6 Å². The highest BCUT2D eigenvalue weighted by Gasteiger charge is 2.63. The first-order valence-corrected chi connectivity index (χ1v) is 19.6. The van der Waals surface area contributed by atoms with Crippen LogP contribution in [0.4, 0.5) is 0 Å². The molecule has 9 rings (SSSR count). The van der Waals surface area contributed by atoms with Crippen molar-refractivity contribution >= 4 is 20.2 Å². The van der Waals surface area contributed by atoms with Crippen LogP contribution in [0.2, 0.25) is 0 Å². The van der Waals surface area contributed by atoms with Gasteiger partial charge in [-0.05, 0) is 38.1 Å². The van der Waals surface area contributed by atoms with E-state index in [1.54, 1.807) is 31.2 Å². The predicted molar refractivity (Wildman–Crippen MR) is 172 cm³/mol. The molecule has 7 heterocycles. The number of hydrogen-bond donors (Lipinski definition) is 4. The van der Waals surface area contributed by atoms with Gasteiger partial charge in [-0.25, -0.2) is 0 Å². The zero-order valence-electron chi connectivity index (χ0n) is 28.3. The summed E-state index contributed by atoms with van der Waals surface area (Å²) in [6.07, 6.45) is -9.48. The van der Waals surface area contributed by atoms with E-state index in [0.717, 1.165) is 11.1 Å². The van der Waals surface area contributed by atoms with Crippen molar-refractivity contribution in [3.63, 3.8) is 0 Å². The molecule has 15 atom stereocenters. The summed E-state index contributed by atoms with van der Waals surface area (Å²) >= 11 is 0. The first-order valence-electron chi connectivity index (χ1n) is 16.8. The Morgan fingerprint density at radius 1 is 0.538 bits per heavy atom.